The lowest BCUT2D eigenvalue weighted by Gasteiger charge is -2.07. The highest BCUT2D eigenvalue weighted by atomic mass is 32.2. The number of halogens is 4. The lowest BCUT2D eigenvalue weighted by atomic mass is 10.0. The van der Waals surface area contributed by atoms with Crippen molar-refractivity contribution in [2.24, 2.45) is 0 Å². The lowest BCUT2D eigenvalue weighted by Crippen LogP contribution is -2.15. The van der Waals surface area contributed by atoms with Gasteiger partial charge in [0.2, 0.25) is 0 Å². The third kappa shape index (κ3) is 4.11. The molecular weight excluding hydrogens is 539 g/mol. The molecule has 0 radical (unpaired) electrons. The van der Waals surface area contributed by atoms with Crippen molar-refractivity contribution >= 4 is 44.7 Å². The number of aromatic nitrogens is 1. The Balaban J connectivity index is 1.71. The fraction of sp³-hybridized carbons (Fsp3) is 0.0741. The van der Waals surface area contributed by atoms with Gasteiger partial charge < -0.3 is 0 Å². The molecular formula is C27H13F4N3S3. The number of pyridine rings is 1. The van der Waals surface area contributed by atoms with E-state index in [4.69, 9.17) is 5.26 Å². The molecule has 37 heavy (non-hydrogen) atoms. The largest absolute Gasteiger partial charge is 0.255 e. The van der Waals surface area contributed by atoms with Crippen LogP contribution in [0.2, 0.25) is 0 Å². The number of thiophene rings is 1. The van der Waals surface area contributed by atoms with Crippen molar-refractivity contribution in [1.29, 1.82) is 10.5 Å². The first-order chi connectivity index (χ1) is 17.8. The molecule has 3 nitrogen and oxygen atoms in total. The molecule has 182 valence electrons. The van der Waals surface area contributed by atoms with Crippen LogP contribution < -0.4 is 9.88 Å². The molecule has 0 amide bonds. The van der Waals surface area contributed by atoms with Crippen molar-refractivity contribution < 1.29 is 17.6 Å². The van der Waals surface area contributed by atoms with E-state index in [1.807, 2.05) is 26.0 Å². The Morgan fingerprint density at radius 3 is 1.92 bits per heavy atom. The van der Waals surface area contributed by atoms with Crippen molar-refractivity contribution in [2.45, 2.75) is 23.6 Å². The monoisotopic (exact) mass is 551 g/mol. The van der Waals surface area contributed by atoms with E-state index in [0.29, 0.717) is 0 Å². The fourth-order valence-corrected chi connectivity index (χ4v) is 7.98. The number of rotatable bonds is 1. The Kier molecular flexibility index (Phi) is 6.59. The van der Waals surface area contributed by atoms with Crippen LogP contribution >= 0.6 is 34.9 Å². The van der Waals surface area contributed by atoms with Gasteiger partial charge in [0, 0.05) is 25.7 Å². The van der Waals surface area contributed by atoms with Crippen LogP contribution in [0.15, 0.2) is 52.4 Å². The van der Waals surface area contributed by atoms with Crippen LogP contribution in [0.4, 0.5) is 17.6 Å². The second-order valence-electron chi connectivity index (χ2n) is 7.99. The molecule has 0 spiro atoms. The van der Waals surface area contributed by atoms with Gasteiger partial charge in [-0.3, -0.25) is 4.98 Å². The zero-order valence-electron chi connectivity index (χ0n) is 19.1. The molecule has 2 aromatic heterocycles. The lowest BCUT2D eigenvalue weighted by molar-refractivity contribution is 0.446. The number of fused-ring (bicyclic) bond motifs is 1. The minimum absolute atomic E-state index is 0.162. The van der Waals surface area contributed by atoms with Gasteiger partial charge in [0.15, 0.2) is 23.3 Å². The zero-order chi connectivity index (χ0) is 26.4. The smallest absolute Gasteiger partial charge is 0.180 e. The molecule has 10 heteroatoms. The number of benzene rings is 2. The summed E-state index contributed by atoms with van der Waals surface area (Å²) in [6.45, 7) is 4.04. The summed E-state index contributed by atoms with van der Waals surface area (Å²) in [4.78, 5) is 6.59. The van der Waals surface area contributed by atoms with E-state index < -0.39 is 40.0 Å². The molecule has 0 N–H and O–H groups in total. The average molecular weight is 552 g/mol. The molecule has 2 aromatic carbocycles. The maximum Gasteiger partial charge on any atom is 0.180 e. The quantitative estimate of drug-likeness (QED) is 0.210. The minimum Gasteiger partial charge on any atom is -0.255 e. The summed E-state index contributed by atoms with van der Waals surface area (Å²) >= 11 is 5.03. The number of nitriles is 2. The Bertz CT molecular complexity index is 1860. The van der Waals surface area contributed by atoms with E-state index in [2.05, 4.69) is 17.1 Å². The molecule has 4 aromatic rings. The van der Waals surface area contributed by atoms with E-state index in [9.17, 15) is 22.8 Å². The molecule has 1 aliphatic rings. The van der Waals surface area contributed by atoms with Crippen LogP contribution in [-0.2, 0) is 0 Å². The van der Waals surface area contributed by atoms with Crippen LogP contribution in [0.5, 0.6) is 0 Å². The van der Waals surface area contributed by atoms with Gasteiger partial charge in [0.1, 0.15) is 17.7 Å². The molecule has 0 atom stereocenters. The maximum atomic E-state index is 14.6. The number of hydrogen-bond acceptors (Lipinski definition) is 6. The Morgan fingerprint density at radius 2 is 1.41 bits per heavy atom. The molecule has 0 bridgehead atoms. The molecule has 0 aliphatic carbocycles. The summed E-state index contributed by atoms with van der Waals surface area (Å²) in [5.74, 6) is -7.37. The van der Waals surface area contributed by atoms with Crippen LogP contribution in [-0.4, -0.2) is 4.98 Å². The van der Waals surface area contributed by atoms with Crippen molar-refractivity contribution in [3.63, 3.8) is 0 Å². The Labute approximate surface area is 220 Å². The summed E-state index contributed by atoms with van der Waals surface area (Å²) < 4.78 is 60.7. The predicted molar refractivity (Wildman–Crippen MR) is 136 cm³/mol. The summed E-state index contributed by atoms with van der Waals surface area (Å²) in [5.41, 5.74) is -1.09. The summed E-state index contributed by atoms with van der Waals surface area (Å²) in [6.07, 6.45) is 1.45. The predicted octanol–water partition coefficient (Wildman–Crippen LogP) is 6.16. The molecule has 1 aliphatic heterocycles. The highest BCUT2D eigenvalue weighted by molar-refractivity contribution is 8.32. The van der Waals surface area contributed by atoms with Gasteiger partial charge >= 0.3 is 0 Å². The van der Waals surface area contributed by atoms with Gasteiger partial charge in [-0.05, 0) is 49.2 Å². The molecule has 0 saturated heterocycles. The zero-order valence-corrected chi connectivity index (χ0v) is 21.6. The first-order valence-corrected chi connectivity index (χ1v) is 13.1. The number of thioether (sulfide) groups is 2. The third-order valence-electron chi connectivity index (χ3n) is 5.91. The van der Waals surface area contributed by atoms with E-state index in [1.54, 1.807) is 47.0 Å². The van der Waals surface area contributed by atoms with Crippen LogP contribution in [0.3, 0.4) is 0 Å². The van der Waals surface area contributed by atoms with E-state index in [-0.39, 0.29) is 5.35 Å². The first kappa shape index (κ1) is 25.1. The van der Waals surface area contributed by atoms with Crippen molar-refractivity contribution in [3.05, 3.63) is 108 Å². The van der Waals surface area contributed by atoms with Gasteiger partial charge in [0.05, 0.1) is 25.3 Å². The van der Waals surface area contributed by atoms with Crippen LogP contribution in [0.1, 0.15) is 22.3 Å². The topological polar surface area (TPSA) is 60.5 Å². The average Bonchev–Trinajstić information content (AvgIpc) is 3.47. The van der Waals surface area contributed by atoms with Crippen LogP contribution in [0.25, 0.3) is 9.81 Å². The third-order valence-corrected chi connectivity index (χ3v) is 10.2. The van der Waals surface area contributed by atoms with E-state index >= 15 is 0 Å². The van der Waals surface area contributed by atoms with E-state index in [1.165, 1.54) is 26.3 Å². The molecule has 5 rings (SSSR count). The van der Waals surface area contributed by atoms with Crippen molar-refractivity contribution in [2.75, 3.05) is 0 Å². The van der Waals surface area contributed by atoms with Crippen molar-refractivity contribution in [3.8, 4) is 12.1 Å². The molecule has 0 saturated carbocycles. The normalized spacial score (nSPS) is 14.2. The van der Waals surface area contributed by atoms with Gasteiger partial charge in [-0.15, -0.1) is 11.3 Å². The summed E-state index contributed by atoms with van der Waals surface area (Å²) in [7, 11) is 0. The fourth-order valence-electron chi connectivity index (χ4n) is 3.86. The van der Waals surface area contributed by atoms with Gasteiger partial charge in [0.25, 0.3) is 0 Å². The molecule has 0 fully saturated rings. The van der Waals surface area contributed by atoms with E-state index in [0.717, 1.165) is 31.5 Å². The van der Waals surface area contributed by atoms with Crippen molar-refractivity contribution in [1.82, 2.24) is 4.98 Å². The maximum absolute atomic E-state index is 14.6. The van der Waals surface area contributed by atoms with Crippen LogP contribution in [0, 0.1) is 69.5 Å². The van der Waals surface area contributed by atoms with Gasteiger partial charge in [-0.2, -0.15) is 10.5 Å². The highest BCUT2D eigenvalue weighted by Gasteiger charge is 2.28. The van der Waals surface area contributed by atoms with Gasteiger partial charge in [-0.1, -0.05) is 35.7 Å². The summed E-state index contributed by atoms with van der Waals surface area (Å²) in [6, 6.07) is 13.9. The summed E-state index contributed by atoms with van der Waals surface area (Å²) in [5, 5.41) is 18.9. The molecule has 3 heterocycles. The SMILES string of the molecule is Cc1c(C)/c(=c2/cc/c(=C(/C#N)c3c(F)c(F)c(C#N)c(F)c3F)nc2)sc1=C1Sc2ccccc2S1. The minimum atomic E-state index is -1.86. The Morgan fingerprint density at radius 1 is 0.811 bits per heavy atom. The second-order valence-corrected chi connectivity index (χ2v) is 11.4. The number of hydrogen-bond donors (Lipinski definition) is 0. The second kappa shape index (κ2) is 9.71. The Hall–Kier alpha value is -3.57. The number of nitrogens with zero attached hydrogens (tertiary/aromatic N) is 3. The van der Waals surface area contributed by atoms with Gasteiger partial charge in [-0.25, -0.2) is 17.6 Å². The standard InChI is InChI=1S/C27H13F4N3S3/c1-12-13(2)26(27-35-18-5-3-4-6-19(18)36-27)37-25(12)14-7-8-17(34-11-14)15(9-32)20-23(30)21(28)16(10-33)22(29)24(20)31/h3-8,11H,1-2H3/b17-15+,25-14+. The first-order valence-electron chi connectivity index (χ1n) is 10.7. The highest BCUT2D eigenvalue weighted by Crippen LogP contribution is 2.51. The molecule has 0 unspecified atom stereocenters.